The number of rotatable bonds is 5. The van der Waals surface area contributed by atoms with E-state index >= 15 is 0 Å². The third-order valence-electron chi connectivity index (χ3n) is 3.85. The minimum absolute atomic E-state index is 0.000883. The van der Waals surface area contributed by atoms with E-state index < -0.39 is 10.0 Å². The number of para-hydroxylation sites is 1. The van der Waals surface area contributed by atoms with Crippen molar-refractivity contribution >= 4 is 21.6 Å². The molecule has 0 radical (unpaired) electrons. The van der Waals surface area contributed by atoms with Crippen LogP contribution in [0.3, 0.4) is 0 Å². The van der Waals surface area contributed by atoms with Crippen molar-refractivity contribution in [2.45, 2.75) is 18.2 Å². The highest BCUT2D eigenvalue weighted by molar-refractivity contribution is 7.89. The number of nitrogens with one attached hydrogen (secondary N) is 1. The van der Waals surface area contributed by atoms with Crippen LogP contribution in [0.15, 0.2) is 53.4 Å². The maximum Gasteiger partial charge on any atom is 0.240 e. The van der Waals surface area contributed by atoms with Gasteiger partial charge >= 0.3 is 0 Å². The molecule has 0 fully saturated rings. The van der Waals surface area contributed by atoms with Crippen LogP contribution >= 0.6 is 0 Å². The van der Waals surface area contributed by atoms with Crippen molar-refractivity contribution in [3.8, 4) is 0 Å². The molecule has 1 N–H and O–H groups in total. The van der Waals surface area contributed by atoms with Crippen LogP contribution in [0.2, 0.25) is 0 Å². The standard InChI is InChI=1S/C17H18N2O3S/c1-13-5-4-7-15(11-13)23(21,22)18-9-10-19-16-8-3-2-6-14(16)12-17(19)20/h2-8,11,18H,9-10,12H2,1H3. The topological polar surface area (TPSA) is 66.5 Å². The minimum atomic E-state index is -3.56. The zero-order valence-electron chi connectivity index (χ0n) is 12.8. The molecule has 1 amide bonds. The molecule has 6 heteroatoms. The second-order valence-corrected chi connectivity index (χ2v) is 7.33. The molecule has 2 aromatic rings. The molecule has 0 bridgehead atoms. The molecule has 1 heterocycles. The highest BCUT2D eigenvalue weighted by Crippen LogP contribution is 2.27. The lowest BCUT2D eigenvalue weighted by molar-refractivity contribution is -0.117. The van der Waals surface area contributed by atoms with E-state index in [0.29, 0.717) is 13.0 Å². The summed E-state index contributed by atoms with van der Waals surface area (Å²) in [6.45, 7) is 2.34. The third kappa shape index (κ3) is 3.28. The van der Waals surface area contributed by atoms with Crippen LogP contribution in [-0.4, -0.2) is 27.4 Å². The van der Waals surface area contributed by atoms with Crippen molar-refractivity contribution in [3.63, 3.8) is 0 Å². The summed E-state index contributed by atoms with van der Waals surface area (Å²) in [5.74, 6) is 0.000883. The van der Waals surface area contributed by atoms with Gasteiger partial charge in [0.1, 0.15) is 0 Å². The van der Waals surface area contributed by atoms with E-state index in [1.165, 1.54) is 0 Å². The van der Waals surface area contributed by atoms with Gasteiger partial charge < -0.3 is 4.90 Å². The van der Waals surface area contributed by atoms with E-state index in [1.54, 1.807) is 23.1 Å². The first kappa shape index (κ1) is 15.7. The van der Waals surface area contributed by atoms with Crippen molar-refractivity contribution in [2.24, 2.45) is 0 Å². The molecule has 3 rings (SSSR count). The number of aryl methyl sites for hydroxylation is 1. The van der Waals surface area contributed by atoms with Gasteiger partial charge in [-0.05, 0) is 36.2 Å². The second kappa shape index (κ2) is 6.14. The first-order valence-corrected chi connectivity index (χ1v) is 8.90. The molecule has 0 atom stereocenters. The van der Waals surface area contributed by atoms with Crippen molar-refractivity contribution in [2.75, 3.05) is 18.0 Å². The third-order valence-corrected chi connectivity index (χ3v) is 5.31. The molecule has 0 spiro atoms. The van der Waals surface area contributed by atoms with E-state index in [1.807, 2.05) is 37.3 Å². The van der Waals surface area contributed by atoms with Gasteiger partial charge in [0.15, 0.2) is 0 Å². The minimum Gasteiger partial charge on any atom is -0.311 e. The Kier molecular flexibility index (Phi) is 4.19. The monoisotopic (exact) mass is 330 g/mol. The number of benzene rings is 2. The van der Waals surface area contributed by atoms with Gasteiger partial charge in [-0.25, -0.2) is 13.1 Å². The van der Waals surface area contributed by atoms with E-state index in [-0.39, 0.29) is 17.3 Å². The molecule has 0 unspecified atom stereocenters. The van der Waals surface area contributed by atoms with Crippen molar-refractivity contribution in [1.82, 2.24) is 4.72 Å². The van der Waals surface area contributed by atoms with Crippen LogP contribution in [0.5, 0.6) is 0 Å². The van der Waals surface area contributed by atoms with Gasteiger partial charge in [-0.1, -0.05) is 30.3 Å². The maximum atomic E-state index is 12.3. The summed E-state index contributed by atoms with van der Waals surface area (Å²) in [4.78, 5) is 13.9. The van der Waals surface area contributed by atoms with Crippen molar-refractivity contribution in [3.05, 3.63) is 59.7 Å². The first-order valence-electron chi connectivity index (χ1n) is 7.42. The predicted octanol–water partition coefficient (Wildman–Crippen LogP) is 1.86. The van der Waals surface area contributed by atoms with E-state index in [0.717, 1.165) is 16.8 Å². The Morgan fingerprint density at radius 2 is 1.91 bits per heavy atom. The Morgan fingerprint density at radius 1 is 1.13 bits per heavy atom. The van der Waals surface area contributed by atoms with E-state index in [2.05, 4.69) is 4.72 Å². The average Bonchev–Trinajstić information content (AvgIpc) is 2.83. The number of hydrogen-bond donors (Lipinski definition) is 1. The molecular weight excluding hydrogens is 312 g/mol. The number of carbonyl (C=O) groups excluding carboxylic acids is 1. The molecule has 0 saturated carbocycles. The smallest absolute Gasteiger partial charge is 0.240 e. The molecule has 5 nitrogen and oxygen atoms in total. The summed E-state index contributed by atoms with van der Waals surface area (Å²) in [6.07, 6.45) is 0.376. The van der Waals surface area contributed by atoms with Gasteiger partial charge in [0.25, 0.3) is 0 Å². The van der Waals surface area contributed by atoms with Crippen LogP contribution in [0.25, 0.3) is 0 Å². The highest BCUT2D eigenvalue weighted by atomic mass is 32.2. The van der Waals surface area contributed by atoms with Crippen molar-refractivity contribution < 1.29 is 13.2 Å². The molecule has 1 aliphatic heterocycles. The van der Waals surface area contributed by atoms with Gasteiger partial charge in [0.2, 0.25) is 15.9 Å². The highest BCUT2D eigenvalue weighted by Gasteiger charge is 2.26. The number of sulfonamides is 1. The summed E-state index contributed by atoms with van der Waals surface area (Å²) < 4.78 is 27.1. The maximum absolute atomic E-state index is 12.3. The lowest BCUT2D eigenvalue weighted by Crippen LogP contribution is -2.36. The van der Waals surface area contributed by atoms with Gasteiger partial charge in [0.05, 0.1) is 11.3 Å². The average molecular weight is 330 g/mol. The Hall–Kier alpha value is -2.18. The number of carbonyl (C=O) groups is 1. The zero-order chi connectivity index (χ0) is 16.4. The Labute approximate surface area is 136 Å². The fourth-order valence-electron chi connectivity index (χ4n) is 2.72. The van der Waals surface area contributed by atoms with E-state index in [9.17, 15) is 13.2 Å². The number of nitrogens with zero attached hydrogens (tertiary/aromatic N) is 1. The lowest BCUT2D eigenvalue weighted by Gasteiger charge is -2.17. The number of anilines is 1. The molecule has 120 valence electrons. The molecule has 0 saturated heterocycles. The molecule has 0 aliphatic carbocycles. The van der Waals surface area contributed by atoms with Crippen LogP contribution < -0.4 is 9.62 Å². The predicted molar refractivity (Wildman–Crippen MR) is 88.9 cm³/mol. The normalized spacial score (nSPS) is 14.1. The quantitative estimate of drug-likeness (QED) is 0.910. The number of amides is 1. The fraction of sp³-hybridized carbons (Fsp3) is 0.235. The SMILES string of the molecule is Cc1cccc(S(=O)(=O)NCCN2C(=O)Cc3ccccc32)c1. The molecule has 0 aromatic heterocycles. The van der Waals surface area contributed by atoms with Crippen LogP contribution in [0.4, 0.5) is 5.69 Å². The summed E-state index contributed by atoms with van der Waals surface area (Å²) in [7, 11) is -3.56. The second-order valence-electron chi connectivity index (χ2n) is 5.57. The zero-order valence-corrected chi connectivity index (χ0v) is 13.6. The van der Waals surface area contributed by atoms with Crippen LogP contribution in [0.1, 0.15) is 11.1 Å². The first-order chi connectivity index (χ1) is 11.0. The fourth-order valence-corrected chi connectivity index (χ4v) is 3.84. The Balaban J connectivity index is 1.67. The summed E-state index contributed by atoms with van der Waals surface area (Å²) >= 11 is 0. The molecule has 23 heavy (non-hydrogen) atoms. The van der Waals surface area contributed by atoms with Crippen molar-refractivity contribution in [1.29, 1.82) is 0 Å². The van der Waals surface area contributed by atoms with E-state index in [4.69, 9.17) is 0 Å². The van der Waals surface area contributed by atoms with Gasteiger partial charge in [-0.3, -0.25) is 4.79 Å². The van der Waals surface area contributed by atoms with Crippen LogP contribution in [-0.2, 0) is 21.2 Å². The lowest BCUT2D eigenvalue weighted by atomic mass is 10.2. The Bertz CT molecular complexity index is 846. The van der Waals surface area contributed by atoms with Crippen LogP contribution in [0, 0.1) is 6.92 Å². The molecule has 1 aliphatic rings. The van der Waals surface area contributed by atoms with Gasteiger partial charge in [-0.15, -0.1) is 0 Å². The van der Waals surface area contributed by atoms with Gasteiger partial charge in [-0.2, -0.15) is 0 Å². The molecular formula is C17H18N2O3S. The Morgan fingerprint density at radius 3 is 2.70 bits per heavy atom. The molecule has 2 aromatic carbocycles. The summed E-state index contributed by atoms with van der Waals surface area (Å²) in [5.41, 5.74) is 2.74. The largest absolute Gasteiger partial charge is 0.311 e. The number of fused-ring (bicyclic) bond motifs is 1. The van der Waals surface area contributed by atoms with Gasteiger partial charge in [0, 0.05) is 18.8 Å². The number of hydrogen-bond acceptors (Lipinski definition) is 3. The summed E-state index contributed by atoms with van der Waals surface area (Å²) in [6, 6.07) is 14.3. The summed E-state index contributed by atoms with van der Waals surface area (Å²) in [5, 5.41) is 0.